The molecule has 0 bridgehead atoms. The van der Waals surface area contributed by atoms with Crippen LogP contribution in [0.1, 0.15) is 34.8 Å². The fourth-order valence-electron chi connectivity index (χ4n) is 4.39. The molecular weight excluding hydrogens is 458 g/mol. The summed E-state index contributed by atoms with van der Waals surface area (Å²) in [5, 5.41) is -0.235. The Bertz CT molecular complexity index is 1560. The molecule has 4 aromatic rings. The number of imidazole rings is 1. The largest absolute Gasteiger partial charge is 0.382 e. The van der Waals surface area contributed by atoms with Crippen molar-refractivity contribution in [3.05, 3.63) is 60.0 Å². The van der Waals surface area contributed by atoms with E-state index < -0.39 is 9.84 Å². The summed E-state index contributed by atoms with van der Waals surface area (Å²) in [7, 11) is -1.45. The number of nitrogens with two attached hydrogens (primary N) is 1. The van der Waals surface area contributed by atoms with Crippen LogP contribution in [-0.2, 0) is 9.84 Å². The lowest BCUT2D eigenvalue weighted by atomic mass is 10.1. The second kappa shape index (κ2) is 7.19. The number of hydrogen-bond acceptors (Lipinski definition) is 7. The van der Waals surface area contributed by atoms with Crippen molar-refractivity contribution >= 4 is 49.9 Å². The number of carbonyl (C=O) groups excluding carboxylic acids is 1. The van der Waals surface area contributed by atoms with E-state index in [0.717, 1.165) is 28.8 Å². The first-order chi connectivity index (χ1) is 15.8. The number of hydrogen-bond donors (Lipinski definition) is 1. The van der Waals surface area contributed by atoms with Crippen molar-refractivity contribution in [2.75, 3.05) is 18.5 Å². The maximum atomic E-state index is 13.4. The van der Waals surface area contributed by atoms with E-state index >= 15 is 0 Å². The van der Waals surface area contributed by atoms with E-state index in [2.05, 4.69) is 9.97 Å². The van der Waals surface area contributed by atoms with Gasteiger partial charge < -0.3 is 10.6 Å². The highest BCUT2D eigenvalue weighted by Crippen LogP contribution is 2.44. The van der Waals surface area contributed by atoms with Gasteiger partial charge in [0.2, 0.25) is 0 Å². The SMILES string of the molecule is CN(C(=O)c1ccc2nc(N)c3cncn3c2c1)[C@@H]1CSc2cc(S(=O)(=O)C3CC3)ccc21. The number of amides is 1. The lowest BCUT2D eigenvalue weighted by molar-refractivity contribution is 0.0746. The molecule has 1 fully saturated rings. The van der Waals surface area contributed by atoms with Crippen LogP contribution in [0.3, 0.4) is 0 Å². The molecule has 1 aliphatic carbocycles. The maximum absolute atomic E-state index is 13.4. The van der Waals surface area contributed by atoms with E-state index in [1.807, 2.05) is 16.5 Å². The van der Waals surface area contributed by atoms with Gasteiger partial charge in [-0.05, 0) is 48.7 Å². The summed E-state index contributed by atoms with van der Waals surface area (Å²) in [5.41, 5.74) is 9.67. The third-order valence-corrected chi connectivity index (χ3v) is 9.85. The third-order valence-electron chi connectivity index (χ3n) is 6.44. The molecule has 0 saturated heterocycles. The summed E-state index contributed by atoms with van der Waals surface area (Å²) in [6.45, 7) is 0. The number of nitrogen functional groups attached to an aromatic ring is 1. The van der Waals surface area contributed by atoms with Crippen molar-refractivity contribution in [2.24, 2.45) is 0 Å². The molecule has 10 heteroatoms. The summed E-state index contributed by atoms with van der Waals surface area (Å²) >= 11 is 1.59. The smallest absolute Gasteiger partial charge is 0.254 e. The molecule has 2 aromatic carbocycles. The van der Waals surface area contributed by atoms with Crippen molar-refractivity contribution in [2.45, 2.75) is 33.9 Å². The minimum absolute atomic E-state index is 0.116. The van der Waals surface area contributed by atoms with Gasteiger partial charge in [-0.3, -0.25) is 9.20 Å². The van der Waals surface area contributed by atoms with Gasteiger partial charge in [0.15, 0.2) is 9.84 Å². The average Bonchev–Trinajstić information content (AvgIpc) is 3.41. The number of sulfone groups is 1. The molecule has 8 nitrogen and oxygen atoms in total. The standard InChI is InChI=1S/C23H21N5O3S2/c1-27(20-11-32-21-9-15(5-6-16(20)21)33(30,31)14-3-4-14)23(29)13-2-7-17-18(8-13)28-12-25-10-19(28)22(24)26-17/h2,5-10,12,14,20H,3-4,11H2,1H3,(H2,24,26)/t20-/m1/s1. The summed E-state index contributed by atoms with van der Waals surface area (Å²) < 4.78 is 27.1. The highest BCUT2D eigenvalue weighted by atomic mass is 32.2. The summed E-state index contributed by atoms with van der Waals surface area (Å²) in [6.07, 6.45) is 4.79. The van der Waals surface area contributed by atoms with Crippen LogP contribution in [0.15, 0.2) is 58.7 Å². The Balaban J connectivity index is 1.32. The summed E-state index contributed by atoms with van der Waals surface area (Å²) in [4.78, 5) is 25.0. The molecule has 0 spiro atoms. The van der Waals surface area contributed by atoms with E-state index in [1.165, 1.54) is 0 Å². The van der Waals surface area contributed by atoms with Crippen molar-refractivity contribution in [1.29, 1.82) is 0 Å². The number of rotatable bonds is 4. The number of carbonyl (C=O) groups is 1. The number of benzene rings is 2. The van der Waals surface area contributed by atoms with Crippen molar-refractivity contribution in [1.82, 2.24) is 19.3 Å². The first kappa shape index (κ1) is 20.5. The highest BCUT2D eigenvalue weighted by molar-refractivity contribution is 7.99. The Morgan fingerprint density at radius 1 is 1.18 bits per heavy atom. The molecule has 3 heterocycles. The van der Waals surface area contributed by atoms with Gasteiger partial charge in [-0.2, -0.15) is 0 Å². The van der Waals surface area contributed by atoms with E-state index in [4.69, 9.17) is 5.73 Å². The zero-order valence-corrected chi connectivity index (χ0v) is 19.4. The van der Waals surface area contributed by atoms with Crippen LogP contribution in [0.2, 0.25) is 0 Å². The lowest BCUT2D eigenvalue weighted by Crippen LogP contribution is -2.31. The fourth-order valence-corrected chi connectivity index (χ4v) is 7.47. The van der Waals surface area contributed by atoms with Gasteiger partial charge >= 0.3 is 0 Å². The monoisotopic (exact) mass is 479 g/mol. The summed E-state index contributed by atoms with van der Waals surface area (Å²) in [6, 6.07) is 10.5. The molecule has 1 aliphatic heterocycles. The number of nitrogens with zero attached hydrogens (tertiary/aromatic N) is 4. The second-order valence-electron chi connectivity index (χ2n) is 8.54. The Labute approximate surface area is 194 Å². The Hall–Kier alpha value is -3.11. The number of thioether (sulfide) groups is 1. The third kappa shape index (κ3) is 3.19. The van der Waals surface area contributed by atoms with E-state index in [-0.39, 0.29) is 17.2 Å². The number of aromatic nitrogens is 3. The Kier molecular flexibility index (Phi) is 4.47. The van der Waals surface area contributed by atoms with Crippen molar-refractivity contribution in [3.8, 4) is 0 Å². The van der Waals surface area contributed by atoms with Crippen LogP contribution >= 0.6 is 11.8 Å². The van der Waals surface area contributed by atoms with E-state index in [1.54, 1.807) is 60.5 Å². The predicted molar refractivity (Wildman–Crippen MR) is 127 cm³/mol. The molecule has 33 heavy (non-hydrogen) atoms. The first-order valence-corrected chi connectivity index (χ1v) is 13.2. The average molecular weight is 480 g/mol. The molecule has 2 aromatic heterocycles. The van der Waals surface area contributed by atoms with Crippen LogP contribution in [0.25, 0.3) is 16.6 Å². The maximum Gasteiger partial charge on any atom is 0.254 e. The first-order valence-electron chi connectivity index (χ1n) is 10.6. The molecule has 1 saturated carbocycles. The van der Waals surface area contributed by atoms with Crippen LogP contribution in [-0.4, -0.2) is 51.6 Å². The van der Waals surface area contributed by atoms with Gasteiger partial charge in [-0.15, -0.1) is 11.8 Å². The molecule has 2 N–H and O–H groups in total. The molecule has 0 radical (unpaired) electrons. The van der Waals surface area contributed by atoms with Crippen molar-refractivity contribution in [3.63, 3.8) is 0 Å². The lowest BCUT2D eigenvalue weighted by Gasteiger charge is -2.25. The molecule has 2 aliphatic rings. The Morgan fingerprint density at radius 3 is 2.79 bits per heavy atom. The van der Waals surface area contributed by atoms with Crippen molar-refractivity contribution < 1.29 is 13.2 Å². The van der Waals surface area contributed by atoms with Crippen LogP contribution in [0.4, 0.5) is 5.82 Å². The highest BCUT2D eigenvalue weighted by Gasteiger charge is 2.38. The number of fused-ring (bicyclic) bond motifs is 4. The topological polar surface area (TPSA) is 111 Å². The van der Waals surface area contributed by atoms with Gasteiger partial charge in [0.1, 0.15) is 11.3 Å². The quantitative estimate of drug-likeness (QED) is 0.478. The van der Waals surface area contributed by atoms with Crippen LogP contribution in [0.5, 0.6) is 0 Å². The molecule has 1 amide bonds. The normalized spacial score (nSPS) is 18.0. The minimum Gasteiger partial charge on any atom is -0.382 e. The van der Waals surface area contributed by atoms with E-state index in [0.29, 0.717) is 33.1 Å². The predicted octanol–water partition coefficient (Wildman–Crippen LogP) is 3.32. The van der Waals surface area contributed by atoms with Crippen LogP contribution in [0, 0.1) is 0 Å². The fraction of sp³-hybridized carbons (Fsp3) is 0.261. The second-order valence-corrected chi connectivity index (χ2v) is 11.8. The van der Waals surface area contributed by atoms with Crippen LogP contribution < -0.4 is 5.73 Å². The zero-order valence-electron chi connectivity index (χ0n) is 17.8. The van der Waals surface area contributed by atoms with E-state index in [9.17, 15) is 13.2 Å². The van der Waals surface area contributed by atoms with Gasteiger partial charge in [0, 0.05) is 23.3 Å². The zero-order chi connectivity index (χ0) is 22.9. The Morgan fingerprint density at radius 2 is 2.00 bits per heavy atom. The molecule has 6 rings (SSSR count). The molecule has 0 unspecified atom stereocenters. The minimum atomic E-state index is -3.24. The van der Waals surface area contributed by atoms with Gasteiger partial charge in [0.05, 0.1) is 39.7 Å². The summed E-state index contributed by atoms with van der Waals surface area (Å²) in [5.74, 6) is 0.955. The molecule has 168 valence electrons. The van der Waals surface area contributed by atoms with Gasteiger partial charge in [0.25, 0.3) is 5.91 Å². The van der Waals surface area contributed by atoms with Gasteiger partial charge in [-0.25, -0.2) is 18.4 Å². The van der Waals surface area contributed by atoms with Gasteiger partial charge in [-0.1, -0.05) is 6.07 Å². The number of anilines is 1. The molecular formula is C23H21N5O3S2. The molecule has 1 atom stereocenters.